The maximum absolute atomic E-state index is 9.61. The first-order valence-corrected chi connectivity index (χ1v) is 6.26. The van der Waals surface area contributed by atoms with E-state index in [-0.39, 0.29) is 0 Å². The predicted molar refractivity (Wildman–Crippen MR) is 76.2 cm³/mol. The third-order valence-corrected chi connectivity index (χ3v) is 2.80. The number of hydrogen-bond acceptors (Lipinski definition) is 8. The zero-order valence-electron chi connectivity index (χ0n) is 11.5. The second-order valence-corrected chi connectivity index (χ2v) is 4.31. The number of ether oxygens (including phenoxy) is 1. The van der Waals surface area contributed by atoms with E-state index in [1.807, 2.05) is 0 Å². The molecule has 0 aliphatic carbocycles. The number of anilines is 1. The predicted octanol–water partition coefficient (Wildman–Crippen LogP) is -1.47. The first-order chi connectivity index (χ1) is 10.0. The fourth-order valence-corrected chi connectivity index (χ4v) is 1.55. The van der Waals surface area contributed by atoms with Crippen molar-refractivity contribution in [1.82, 2.24) is 0 Å². The summed E-state index contributed by atoms with van der Waals surface area (Å²) in [6.45, 7) is -0.735. The molecule has 0 bridgehead atoms. The molecule has 4 atom stereocenters. The summed E-state index contributed by atoms with van der Waals surface area (Å²) in [4.78, 5) is 0. The van der Waals surface area contributed by atoms with E-state index >= 15 is 0 Å². The average molecular weight is 300 g/mol. The summed E-state index contributed by atoms with van der Waals surface area (Å²) < 4.78 is 5.09. The van der Waals surface area contributed by atoms with Crippen LogP contribution in [-0.2, 0) is 0 Å². The lowest BCUT2D eigenvalue weighted by molar-refractivity contribution is -0.0999. The SMILES string of the molecule is COc1ccccc1NN=C[C@H](O)[C@@H](O)[C@H](O)[C@H](O)CO. The Bertz CT molecular complexity index is 456. The van der Waals surface area contributed by atoms with Gasteiger partial charge in [-0.3, -0.25) is 5.43 Å². The Morgan fingerprint density at radius 1 is 1.19 bits per heavy atom. The standard InChI is InChI=1S/C13H20N2O6/c1-21-11-5-3-2-4-8(11)15-14-6-9(17)12(19)13(20)10(18)7-16/h2-6,9-10,12-13,15-20H,7H2,1H3/t9-,10+,12+,13+/m0/s1. The number of para-hydroxylation sites is 2. The molecule has 8 nitrogen and oxygen atoms in total. The van der Waals surface area contributed by atoms with Crippen molar-refractivity contribution in [3.8, 4) is 5.75 Å². The monoisotopic (exact) mass is 300 g/mol. The molecule has 0 saturated heterocycles. The first-order valence-electron chi connectivity index (χ1n) is 6.26. The zero-order valence-corrected chi connectivity index (χ0v) is 11.5. The van der Waals surface area contributed by atoms with Crippen molar-refractivity contribution < 1.29 is 30.3 Å². The van der Waals surface area contributed by atoms with Gasteiger partial charge in [0.25, 0.3) is 0 Å². The van der Waals surface area contributed by atoms with Gasteiger partial charge in [-0.15, -0.1) is 0 Å². The Balaban J connectivity index is 2.60. The van der Waals surface area contributed by atoms with Gasteiger partial charge in [-0.1, -0.05) is 12.1 Å². The molecular weight excluding hydrogens is 280 g/mol. The van der Waals surface area contributed by atoms with Gasteiger partial charge in [0.05, 0.1) is 25.6 Å². The summed E-state index contributed by atoms with van der Waals surface area (Å²) >= 11 is 0. The normalized spacial score (nSPS) is 17.2. The van der Waals surface area contributed by atoms with E-state index in [2.05, 4.69) is 10.5 Å². The number of hydrogen-bond donors (Lipinski definition) is 6. The highest BCUT2D eigenvalue weighted by Gasteiger charge is 2.29. The minimum atomic E-state index is -1.69. The second-order valence-electron chi connectivity index (χ2n) is 4.31. The van der Waals surface area contributed by atoms with Crippen LogP contribution in [0.15, 0.2) is 29.4 Å². The van der Waals surface area contributed by atoms with Crippen molar-refractivity contribution in [2.24, 2.45) is 5.10 Å². The highest BCUT2D eigenvalue weighted by Crippen LogP contribution is 2.22. The van der Waals surface area contributed by atoms with Gasteiger partial charge >= 0.3 is 0 Å². The highest BCUT2D eigenvalue weighted by molar-refractivity contribution is 5.66. The maximum atomic E-state index is 9.61. The van der Waals surface area contributed by atoms with Crippen molar-refractivity contribution in [2.75, 3.05) is 19.1 Å². The van der Waals surface area contributed by atoms with Gasteiger partial charge in [0, 0.05) is 0 Å². The molecule has 6 N–H and O–H groups in total. The fourth-order valence-electron chi connectivity index (χ4n) is 1.55. The van der Waals surface area contributed by atoms with Gasteiger partial charge in [0.2, 0.25) is 0 Å². The van der Waals surface area contributed by atoms with Crippen LogP contribution in [-0.4, -0.2) is 69.9 Å². The van der Waals surface area contributed by atoms with E-state index < -0.39 is 31.0 Å². The number of aliphatic hydroxyl groups is 5. The first kappa shape index (κ1) is 17.3. The van der Waals surface area contributed by atoms with Crippen LogP contribution in [0, 0.1) is 0 Å². The van der Waals surface area contributed by atoms with Crippen LogP contribution >= 0.6 is 0 Å². The fraction of sp³-hybridized carbons (Fsp3) is 0.462. The summed E-state index contributed by atoms with van der Waals surface area (Å²) in [6, 6.07) is 6.94. The number of nitrogens with one attached hydrogen (secondary N) is 1. The van der Waals surface area contributed by atoms with Crippen LogP contribution in [0.1, 0.15) is 0 Å². The lowest BCUT2D eigenvalue weighted by Gasteiger charge is -2.23. The number of rotatable bonds is 8. The topological polar surface area (TPSA) is 135 Å². The van der Waals surface area contributed by atoms with E-state index in [4.69, 9.17) is 14.9 Å². The molecule has 0 fully saturated rings. The van der Waals surface area contributed by atoms with E-state index in [1.165, 1.54) is 7.11 Å². The van der Waals surface area contributed by atoms with E-state index in [9.17, 15) is 15.3 Å². The second kappa shape index (κ2) is 8.55. The molecule has 0 amide bonds. The van der Waals surface area contributed by atoms with Gasteiger partial charge < -0.3 is 30.3 Å². The third-order valence-electron chi connectivity index (χ3n) is 2.80. The lowest BCUT2D eigenvalue weighted by atomic mass is 10.0. The van der Waals surface area contributed by atoms with Gasteiger partial charge in [-0.2, -0.15) is 5.10 Å². The average Bonchev–Trinajstić information content (AvgIpc) is 2.52. The molecule has 0 aliphatic heterocycles. The van der Waals surface area contributed by atoms with E-state index in [0.29, 0.717) is 11.4 Å². The summed E-state index contributed by atoms with van der Waals surface area (Å²) in [5.74, 6) is 0.542. The van der Waals surface area contributed by atoms with Crippen LogP contribution in [0.25, 0.3) is 0 Å². The maximum Gasteiger partial charge on any atom is 0.143 e. The molecule has 0 unspecified atom stereocenters. The van der Waals surface area contributed by atoms with Crippen molar-refractivity contribution in [1.29, 1.82) is 0 Å². The Morgan fingerprint density at radius 2 is 1.86 bits per heavy atom. The lowest BCUT2D eigenvalue weighted by Crippen LogP contribution is -2.46. The summed E-state index contributed by atoms with van der Waals surface area (Å²) in [6.07, 6.45) is -5.49. The molecule has 1 aromatic rings. The van der Waals surface area contributed by atoms with Crippen LogP contribution in [0.3, 0.4) is 0 Å². The van der Waals surface area contributed by atoms with Crippen molar-refractivity contribution >= 4 is 11.9 Å². The largest absolute Gasteiger partial charge is 0.495 e. The van der Waals surface area contributed by atoms with Crippen molar-refractivity contribution in [2.45, 2.75) is 24.4 Å². The molecule has 1 aromatic carbocycles. The highest BCUT2D eigenvalue weighted by atomic mass is 16.5. The van der Waals surface area contributed by atoms with Crippen molar-refractivity contribution in [3.05, 3.63) is 24.3 Å². The minimum Gasteiger partial charge on any atom is -0.495 e. The third kappa shape index (κ3) is 4.96. The Labute approximate surface area is 121 Å². The van der Waals surface area contributed by atoms with Crippen LogP contribution in [0.4, 0.5) is 5.69 Å². The van der Waals surface area contributed by atoms with Crippen LogP contribution in [0.5, 0.6) is 5.75 Å². The molecular formula is C13H20N2O6. The zero-order chi connectivity index (χ0) is 15.8. The smallest absolute Gasteiger partial charge is 0.143 e. The van der Waals surface area contributed by atoms with Crippen LogP contribution < -0.4 is 10.2 Å². The van der Waals surface area contributed by atoms with E-state index in [1.54, 1.807) is 24.3 Å². The molecule has 0 heterocycles. The number of methoxy groups -OCH3 is 1. The molecule has 0 radical (unpaired) electrons. The number of nitrogens with zero attached hydrogens (tertiary/aromatic N) is 1. The molecule has 8 heteroatoms. The van der Waals surface area contributed by atoms with Gasteiger partial charge in [0.1, 0.15) is 30.2 Å². The molecule has 21 heavy (non-hydrogen) atoms. The molecule has 0 saturated carbocycles. The summed E-state index contributed by atoms with van der Waals surface area (Å²) in [5, 5.41) is 50.2. The quantitative estimate of drug-likeness (QED) is 0.255. The van der Waals surface area contributed by atoms with Gasteiger partial charge in [-0.25, -0.2) is 0 Å². The van der Waals surface area contributed by atoms with Crippen LogP contribution in [0.2, 0.25) is 0 Å². The summed E-state index contributed by atoms with van der Waals surface area (Å²) in [5.41, 5.74) is 3.16. The molecule has 1 rings (SSSR count). The molecule has 118 valence electrons. The Hall–Kier alpha value is -1.71. The molecule has 0 aromatic heterocycles. The number of hydrazone groups is 1. The number of aliphatic hydroxyl groups excluding tert-OH is 5. The molecule has 0 aliphatic rings. The Morgan fingerprint density at radius 3 is 2.48 bits per heavy atom. The summed E-state index contributed by atoms with van der Waals surface area (Å²) in [7, 11) is 1.50. The van der Waals surface area contributed by atoms with Crippen molar-refractivity contribution in [3.63, 3.8) is 0 Å². The Kier molecular flexibility index (Phi) is 7.06. The number of benzene rings is 1. The van der Waals surface area contributed by atoms with Gasteiger partial charge in [0.15, 0.2) is 0 Å². The van der Waals surface area contributed by atoms with E-state index in [0.717, 1.165) is 6.21 Å². The minimum absolute atomic E-state index is 0.542. The molecule has 0 spiro atoms. The van der Waals surface area contributed by atoms with Gasteiger partial charge in [-0.05, 0) is 12.1 Å².